The highest BCUT2D eigenvalue weighted by Crippen LogP contribution is 2.21. The molecular formula is C52H79N11O16. The van der Waals surface area contributed by atoms with Crippen molar-refractivity contribution < 1.29 is 77.6 Å². The summed E-state index contributed by atoms with van der Waals surface area (Å²) in [5, 5.41) is 49.7. The number of nitrogens with two attached hydrogens (primary N) is 2. The van der Waals surface area contributed by atoms with Gasteiger partial charge in [0.15, 0.2) is 0 Å². The molecule has 27 heteroatoms. The first-order chi connectivity index (χ1) is 37.2. The van der Waals surface area contributed by atoms with Crippen LogP contribution in [0.3, 0.4) is 0 Å². The third-order valence-corrected chi connectivity index (χ3v) is 12.7. The summed E-state index contributed by atoms with van der Waals surface area (Å²) >= 11 is 0. The highest BCUT2D eigenvalue weighted by molar-refractivity contribution is 6.01. The summed E-state index contributed by atoms with van der Waals surface area (Å²) in [5.41, 5.74) is 12.6. The Morgan fingerprint density at radius 2 is 1.05 bits per heavy atom. The minimum atomic E-state index is -2.03. The fourth-order valence-corrected chi connectivity index (χ4v) is 8.68. The van der Waals surface area contributed by atoms with E-state index in [4.69, 9.17) is 16.2 Å². The maximum Gasteiger partial charge on any atom is 0.305 e. The maximum atomic E-state index is 14.4. The van der Waals surface area contributed by atoms with Crippen LogP contribution >= 0.6 is 0 Å². The van der Waals surface area contributed by atoms with Gasteiger partial charge in [0.2, 0.25) is 59.1 Å². The van der Waals surface area contributed by atoms with Crippen LogP contribution in [-0.2, 0) is 64.0 Å². The number of aliphatic hydroxyl groups excluding tert-OH is 1. The van der Waals surface area contributed by atoms with Crippen molar-refractivity contribution in [1.82, 2.24) is 47.4 Å². The minimum absolute atomic E-state index is 0.0266. The van der Waals surface area contributed by atoms with Crippen LogP contribution in [0, 0.1) is 11.8 Å². The van der Waals surface area contributed by atoms with E-state index in [1.165, 1.54) is 0 Å². The lowest BCUT2D eigenvalue weighted by Gasteiger charge is -2.31. The van der Waals surface area contributed by atoms with E-state index in [2.05, 4.69) is 42.5 Å². The molecule has 0 aliphatic carbocycles. The second-order valence-electron chi connectivity index (χ2n) is 20.7. The number of carbonyl (C=O) groups excluding carboxylic acids is 10. The quantitative estimate of drug-likeness (QED) is 0.0474. The lowest BCUT2D eigenvalue weighted by molar-refractivity contribution is -0.144. The number of nitrogens with zero attached hydrogens (tertiary/aromatic N) is 1. The summed E-state index contributed by atoms with van der Waals surface area (Å²) in [6, 6.07) is -8.55. The van der Waals surface area contributed by atoms with Gasteiger partial charge < -0.3 is 79.0 Å². The van der Waals surface area contributed by atoms with E-state index < -0.39 is 151 Å². The standard InChI is InChI=1S/C52H79N11O16/c1-27(2)16-19-79-31-14-12-30(13-15-31)22-35-47(73)59-38(25-43(68)69)50(76)60-37(24-42(66)67)49(75)55-32(10-7-8-17-53)44(70)56-33(20-28(3)4)45(71)58-36(23-41(54)65)48(74)57-34(21-29(5)6)46(72)62-39(26-64)52(78)63-18-9-11-40(63)51(77)61-35/h12-16,28-29,32-40,64H,7-11,17-26,53H2,1-6H3,(H2,54,65)(H,55,75)(H,56,70)(H,57,74)(H,58,71)(H,59,73)(H,60,76)(H,61,77)(H,62,72)(H,66,67)(H,68,69). The zero-order valence-electron chi connectivity index (χ0n) is 45.6. The minimum Gasteiger partial charge on any atom is -0.490 e. The molecule has 27 nitrogen and oxygen atoms in total. The van der Waals surface area contributed by atoms with Gasteiger partial charge in [-0.15, -0.1) is 0 Å². The molecule has 9 unspecified atom stereocenters. The zero-order valence-corrected chi connectivity index (χ0v) is 45.6. The van der Waals surface area contributed by atoms with Crippen LogP contribution in [0.25, 0.3) is 0 Å². The van der Waals surface area contributed by atoms with Crippen molar-refractivity contribution >= 4 is 71.0 Å². The molecule has 2 saturated heterocycles. The number of hydrogen-bond donors (Lipinski definition) is 13. The fraction of sp³-hybridized carbons (Fsp3) is 0.615. The Labute approximate surface area is 458 Å². The Bertz CT molecular complexity index is 2380. The first-order valence-electron chi connectivity index (χ1n) is 26.3. The molecule has 15 N–H and O–H groups in total. The number of aliphatic hydroxyl groups is 1. The molecule has 2 fully saturated rings. The van der Waals surface area contributed by atoms with Gasteiger partial charge >= 0.3 is 11.9 Å². The summed E-state index contributed by atoms with van der Waals surface area (Å²) in [7, 11) is 0. The fourth-order valence-electron chi connectivity index (χ4n) is 8.68. The number of fused-ring (bicyclic) bond motifs is 1. The first-order valence-corrected chi connectivity index (χ1v) is 26.3. The van der Waals surface area contributed by atoms with Gasteiger partial charge in [-0.1, -0.05) is 45.4 Å². The number of hydrogen-bond acceptors (Lipinski definition) is 15. The van der Waals surface area contributed by atoms with E-state index >= 15 is 0 Å². The molecule has 438 valence electrons. The van der Waals surface area contributed by atoms with Gasteiger partial charge in [0.05, 0.1) is 25.9 Å². The number of nitrogens with one attached hydrogen (secondary N) is 8. The van der Waals surface area contributed by atoms with Crippen molar-refractivity contribution in [3.63, 3.8) is 0 Å². The van der Waals surface area contributed by atoms with Crippen LogP contribution < -0.4 is 58.7 Å². The van der Waals surface area contributed by atoms with Crippen molar-refractivity contribution in [1.29, 1.82) is 0 Å². The number of unbranched alkanes of at least 4 members (excludes halogenated alkanes) is 1. The van der Waals surface area contributed by atoms with Crippen molar-refractivity contribution in [3.8, 4) is 5.75 Å². The third-order valence-electron chi connectivity index (χ3n) is 12.7. The molecule has 2 aliphatic heterocycles. The monoisotopic (exact) mass is 1110 g/mol. The molecule has 0 bridgehead atoms. The predicted molar refractivity (Wildman–Crippen MR) is 282 cm³/mol. The van der Waals surface area contributed by atoms with E-state index in [1.807, 2.05) is 19.9 Å². The van der Waals surface area contributed by atoms with E-state index in [1.54, 1.807) is 52.0 Å². The average Bonchev–Trinajstić information content (AvgIpc) is 3.90. The number of ether oxygens (including phenoxy) is 1. The molecule has 0 radical (unpaired) electrons. The van der Waals surface area contributed by atoms with Crippen LogP contribution in [0.4, 0.5) is 0 Å². The normalized spacial score (nSPS) is 24.6. The summed E-state index contributed by atoms with van der Waals surface area (Å²) in [4.78, 5) is 165. The summed E-state index contributed by atoms with van der Waals surface area (Å²) in [6.45, 7) is 9.96. The van der Waals surface area contributed by atoms with Gasteiger partial charge in [-0.3, -0.25) is 57.5 Å². The molecule has 0 aromatic heterocycles. The van der Waals surface area contributed by atoms with E-state index in [-0.39, 0.29) is 76.5 Å². The number of amides is 10. The Kier molecular flexibility index (Phi) is 26.8. The number of allylic oxidation sites excluding steroid dienone is 1. The second-order valence-corrected chi connectivity index (χ2v) is 20.7. The molecule has 9 atom stereocenters. The Morgan fingerprint density at radius 1 is 0.620 bits per heavy atom. The Hall–Kier alpha value is -7.68. The lowest BCUT2D eigenvalue weighted by atomic mass is 10.00. The highest BCUT2D eigenvalue weighted by Gasteiger charge is 2.41. The van der Waals surface area contributed by atoms with Crippen LogP contribution in [-0.4, -0.2) is 172 Å². The molecule has 0 spiro atoms. The second kappa shape index (κ2) is 32.3. The van der Waals surface area contributed by atoms with Crippen molar-refractivity contribution in [2.75, 3.05) is 26.3 Å². The van der Waals surface area contributed by atoms with E-state index in [0.717, 1.165) is 10.5 Å². The van der Waals surface area contributed by atoms with Gasteiger partial charge in [-0.2, -0.15) is 0 Å². The highest BCUT2D eigenvalue weighted by atomic mass is 16.5. The van der Waals surface area contributed by atoms with Crippen LogP contribution in [0.15, 0.2) is 35.9 Å². The number of carbonyl (C=O) groups is 12. The van der Waals surface area contributed by atoms with E-state index in [9.17, 15) is 72.9 Å². The average molecular weight is 1110 g/mol. The lowest BCUT2D eigenvalue weighted by Crippen LogP contribution is -2.61. The topological polar surface area (TPSA) is 426 Å². The summed E-state index contributed by atoms with van der Waals surface area (Å²) in [6.07, 6.45) is -1.03. The molecule has 79 heavy (non-hydrogen) atoms. The number of primary amides is 1. The SMILES string of the molecule is CC(C)=CCOc1ccc(CC2NC(=O)C3CCCN3C(=O)C(CO)NC(=O)C(CC(C)C)NC(=O)C(CC(N)=O)NC(=O)C(CC(C)C)NC(=O)C(CCCCN)NC(=O)C(CC(=O)O)NC(=O)C(CC(=O)O)NC2=O)cc1. The molecule has 0 saturated carbocycles. The molecule has 2 aliphatic rings. The number of benzene rings is 1. The molecule has 1 aromatic rings. The molecule has 10 amide bonds. The first kappa shape index (κ1) is 65.6. The van der Waals surface area contributed by atoms with Gasteiger partial charge in [0.1, 0.15) is 66.7 Å². The van der Waals surface area contributed by atoms with Crippen molar-refractivity contribution in [2.24, 2.45) is 23.3 Å². The van der Waals surface area contributed by atoms with Crippen LogP contribution in [0.1, 0.15) is 111 Å². The number of rotatable bonds is 20. The number of carboxylic acid groups (broad SMARTS) is 2. The number of aliphatic carboxylic acids is 2. The van der Waals surface area contributed by atoms with Gasteiger partial charge in [-0.05, 0) is 101 Å². The predicted octanol–water partition coefficient (Wildman–Crippen LogP) is -2.50. The summed E-state index contributed by atoms with van der Waals surface area (Å²) < 4.78 is 5.74. The Balaban J connectivity index is 2.23. The van der Waals surface area contributed by atoms with Gasteiger partial charge in [0, 0.05) is 13.0 Å². The van der Waals surface area contributed by atoms with Crippen molar-refractivity contribution in [2.45, 2.75) is 167 Å². The van der Waals surface area contributed by atoms with Crippen molar-refractivity contribution in [3.05, 3.63) is 41.5 Å². The van der Waals surface area contributed by atoms with E-state index in [0.29, 0.717) is 17.7 Å². The molecule has 3 rings (SSSR count). The largest absolute Gasteiger partial charge is 0.490 e. The van der Waals surface area contributed by atoms with Gasteiger partial charge in [0.25, 0.3) is 0 Å². The van der Waals surface area contributed by atoms with Crippen LogP contribution in [0.5, 0.6) is 5.75 Å². The number of carboxylic acids is 2. The van der Waals surface area contributed by atoms with Crippen LogP contribution in [0.2, 0.25) is 0 Å². The van der Waals surface area contributed by atoms with Gasteiger partial charge in [-0.25, -0.2) is 0 Å². The summed E-state index contributed by atoms with van der Waals surface area (Å²) in [5.74, 6) is -14.1. The maximum absolute atomic E-state index is 14.4. The zero-order chi connectivity index (χ0) is 59.1. The Morgan fingerprint density at radius 3 is 1.51 bits per heavy atom. The molecule has 1 aromatic carbocycles. The molecular weight excluding hydrogens is 1030 g/mol. The smallest absolute Gasteiger partial charge is 0.305 e. The third kappa shape index (κ3) is 22.3. The molecule has 2 heterocycles.